The molecule has 0 atom stereocenters. The molecule has 0 spiro atoms. The van der Waals surface area contributed by atoms with Gasteiger partial charge in [-0.1, -0.05) is 17.7 Å². The number of ether oxygens (including phenoxy) is 1. The molecule has 0 radical (unpaired) electrons. The first-order valence-electron chi connectivity index (χ1n) is 7.84. The highest BCUT2D eigenvalue weighted by Gasteiger charge is 2.15. The molecule has 2 aromatic rings. The molecule has 0 bridgehead atoms. The molecular formula is C19H21ClN2O3. The van der Waals surface area contributed by atoms with Gasteiger partial charge in [0.2, 0.25) is 0 Å². The second kappa shape index (κ2) is 8.03. The first-order valence-corrected chi connectivity index (χ1v) is 8.21. The smallest absolute Gasteiger partial charge is 0.262 e. The minimum absolute atomic E-state index is 0.139. The Hall–Kier alpha value is -2.53. The largest absolute Gasteiger partial charge is 0.484 e. The zero-order valence-corrected chi connectivity index (χ0v) is 15.2. The average molecular weight is 361 g/mol. The number of halogens is 1. The number of carbonyl (C=O) groups is 2. The van der Waals surface area contributed by atoms with E-state index in [4.69, 9.17) is 16.3 Å². The lowest BCUT2D eigenvalue weighted by Crippen LogP contribution is -2.40. The summed E-state index contributed by atoms with van der Waals surface area (Å²) in [5.74, 6) is 0.0437. The lowest BCUT2D eigenvalue weighted by Gasteiger charge is -2.20. The molecule has 0 saturated heterocycles. The Bertz CT molecular complexity index is 752. The Labute approximate surface area is 152 Å². The number of carbonyl (C=O) groups excluding carboxylic acids is 2. The van der Waals surface area contributed by atoms with Gasteiger partial charge in [-0.2, -0.15) is 0 Å². The Balaban J connectivity index is 1.93. The zero-order chi connectivity index (χ0) is 18.4. The van der Waals surface area contributed by atoms with Crippen LogP contribution in [0.15, 0.2) is 48.5 Å². The van der Waals surface area contributed by atoms with E-state index in [2.05, 4.69) is 10.6 Å². The predicted octanol–water partition coefficient (Wildman–Crippen LogP) is 3.89. The third-order valence-corrected chi connectivity index (χ3v) is 3.33. The number of hydrogen-bond acceptors (Lipinski definition) is 3. The van der Waals surface area contributed by atoms with E-state index in [1.54, 1.807) is 48.5 Å². The number of rotatable bonds is 5. The van der Waals surface area contributed by atoms with Gasteiger partial charge < -0.3 is 15.4 Å². The molecule has 0 saturated carbocycles. The van der Waals surface area contributed by atoms with Crippen molar-refractivity contribution in [2.24, 2.45) is 0 Å². The van der Waals surface area contributed by atoms with Crippen molar-refractivity contribution >= 4 is 29.1 Å². The molecule has 2 rings (SSSR count). The molecule has 0 unspecified atom stereocenters. The summed E-state index contributed by atoms with van der Waals surface area (Å²) in [6.45, 7) is 5.58. The second-order valence-electron chi connectivity index (χ2n) is 6.58. The van der Waals surface area contributed by atoms with Crippen LogP contribution < -0.4 is 15.4 Å². The van der Waals surface area contributed by atoms with Gasteiger partial charge in [0.15, 0.2) is 6.61 Å². The van der Waals surface area contributed by atoms with Crippen LogP contribution in [0, 0.1) is 0 Å². The monoisotopic (exact) mass is 360 g/mol. The van der Waals surface area contributed by atoms with Crippen LogP contribution in [0.5, 0.6) is 5.75 Å². The van der Waals surface area contributed by atoms with Crippen molar-refractivity contribution in [3.8, 4) is 5.75 Å². The summed E-state index contributed by atoms with van der Waals surface area (Å²) in [7, 11) is 0. The highest BCUT2D eigenvalue weighted by Crippen LogP contribution is 2.16. The molecule has 5 nitrogen and oxygen atoms in total. The molecule has 2 aromatic carbocycles. The van der Waals surface area contributed by atoms with Crippen LogP contribution in [0.2, 0.25) is 5.02 Å². The molecule has 6 heteroatoms. The molecule has 0 aliphatic carbocycles. The molecule has 2 amide bonds. The van der Waals surface area contributed by atoms with Crippen LogP contribution in [0.3, 0.4) is 0 Å². The molecule has 0 heterocycles. The lowest BCUT2D eigenvalue weighted by atomic mass is 10.1. The molecular weight excluding hydrogens is 340 g/mol. The van der Waals surface area contributed by atoms with Gasteiger partial charge in [0.05, 0.1) is 0 Å². The summed E-state index contributed by atoms with van der Waals surface area (Å²) >= 11 is 5.79. The summed E-state index contributed by atoms with van der Waals surface area (Å²) < 4.78 is 5.39. The molecule has 0 aromatic heterocycles. The first-order chi connectivity index (χ1) is 11.7. The summed E-state index contributed by atoms with van der Waals surface area (Å²) in [6.07, 6.45) is 0. The maximum atomic E-state index is 12.2. The quantitative estimate of drug-likeness (QED) is 0.850. The van der Waals surface area contributed by atoms with Gasteiger partial charge in [-0.05, 0) is 63.2 Å². The normalized spacial score (nSPS) is 10.9. The van der Waals surface area contributed by atoms with E-state index in [1.165, 1.54) is 0 Å². The molecule has 0 aliphatic heterocycles. The fourth-order valence-corrected chi connectivity index (χ4v) is 2.15. The van der Waals surface area contributed by atoms with E-state index in [0.717, 1.165) is 0 Å². The minimum Gasteiger partial charge on any atom is -0.484 e. The third kappa shape index (κ3) is 6.47. The van der Waals surface area contributed by atoms with Gasteiger partial charge in [-0.3, -0.25) is 9.59 Å². The molecule has 25 heavy (non-hydrogen) atoms. The number of hydrogen-bond donors (Lipinski definition) is 2. The Morgan fingerprint density at radius 3 is 2.40 bits per heavy atom. The topological polar surface area (TPSA) is 67.4 Å². The maximum absolute atomic E-state index is 12.2. The van der Waals surface area contributed by atoms with Crippen LogP contribution in [-0.4, -0.2) is 24.0 Å². The van der Waals surface area contributed by atoms with Gasteiger partial charge in [-0.25, -0.2) is 0 Å². The standard InChI is InChI=1S/C19H21ClN2O3/c1-19(2,3)22-18(24)13-5-4-6-15(11-13)21-17(23)12-25-16-9-7-14(20)8-10-16/h4-11H,12H2,1-3H3,(H,21,23)(H,22,24). The fraction of sp³-hybridized carbons (Fsp3) is 0.263. The van der Waals surface area contributed by atoms with E-state index in [9.17, 15) is 9.59 Å². The van der Waals surface area contributed by atoms with E-state index >= 15 is 0 Å². The van der Waals surface area contributed by atoms with Gasteiger partial charge in [0.25, 0.3) is 11.8 Å². The summed E-state index contributed by atoms with van der Waals surface area (Å²) in [4.78, 5) is 24.2. The number of benzene rings is 2. The van der Waals surface area contributed by atoms with Gasteiger partial charge in [0, 0.05) is 21.8 Å². The molecule has 132 valence electrons. The van der Waals surface area contributed by atoms with E-state index < -0.39 is 0 Å². The van der Waals surface area contributed by atoms with Crippen molar-refractivity contribution in [2.45, 2.75) is 26.3 Å². The third-order valence-electron chi connectivity index (χ3n) is 3.08. The maximum Gasteiger partial charge on any atom is 0.262 e. The van der Waals surface area contributed by atoms with Crippen LogP contribution in [-0.2, 0) is 4.79 Å². The van der Waals surface area contributed by atoms with Gasteiger partial charge >= 0.3 is 0 Å². The van der Waals surface area contributed by atoms with E-state index in [1.807, 2.05) is 20.8 Å². The van der Waals surface area contributed by atoms with Gasteiger partial charge in [0.1, 0.15) is 5.75 Å². The van der Waals surface area contributed by atoms with Crippen LogP contribution in [0.4, 0.5) is 5.69 Å². The van der Waals surface area contributed by atoms with Crippen molar-refractivity contribution in [1.29, 1.82) is 0 Å². The fourth-order valence-electron chi connectivity index (χ4n) is 2.03. The highest BCUT2D eigenvalue weighted by atomic mass is 35.5. The highest BCUT2D eigenvalue weighted by molar-refractivity contribution is 6.30. The number of anilines is 1. The van der Waals surface area contributed by atoms with E-state index in [-0.39, 0.29) is 24.0 Å². The first kappa shape index (κ1) is 18.8. The van der Waals surface area contributed by atoms with Crippen molar-refractivity contribution in [1.82, 2.24) is 5.32 Å². The van der Waals surface area contributed by atoms with Crippen molar-refractivity contribution in [3.63, 3.8) is 0 Å². The minimum atomic E-state index is -0.331. The van der Waals surface area contributed by atoms with Gasteiger partial charge in [-0.15, -0.1) is 0 Å². The van der Waals surface area contributed by atoms with Crippen LogP contribution >= 0.6 is 11.6 Å². The number of nitrogens with one attached hydrogen (secondary N) is 2. The summed E-state index contributed by atoms with van der Waals surface area (Å²) in [6, 6.07) is 13.5. The second-order valence-corrected chi connectivity index (χ2v) is 7.01. The van der Waals surface area contributed by atoms with Crippen molar-refractivity contribution in [2.75, 3.05) is 11.9 Å². The van der Waals surface area contributed by atoms with Crippen LogP contribution in [0.1, 0.15) is 31.1 Å². The Kier molecular flexibility index (Phi) is 6.04. The zero-order valence-electron chi connectivity index (χ0n) is 14.4. The molecule has 0 fully saturated rings. The Morgan fingerprint density at radius 2 is 1.76 bits per heavy atom. The van der Waals surface area contributed by atoms with Crippen molar-refractivity contribution < 1.29 is 14.3 Å². The average Bonchev–Trinajstić information content (AvgIpc) is 2.53. The summed E-state index contributed by atoms with van der Waals surface area (Å²) in [5, 5.41) is 6.19. The molecule has 2 N–H and O–H groups in total. The summed E-state index contributed by atoms with van der Waals surface area (Å²) in [5.41, 5.74) is 0.681. The predicted molar refractivity (Wildman–Crippen MR) is 99.2 cm³/mol. The lowest BCUT2D eigenvalue weighted by molar-refractivity contribution is -0.118. The van der Waals surface area contributed by atoms with E-state index in [0.29, 0.717) is 22.0 Å². The van der Waals surface area contributed by atoms with Crippen LogP contribution in [0.25, 0.3) is 0 Å². The Morgan fingerprint density at radius 1 is 1.08 bits per heavy atom. The number of amides is 2. The molecule has 0 aliphatic rings. The van der Waals surface area contributed by atoms with Crippen molar-refractivity contribution in [3.05, 3.63) is 59.1 Å². The SMILES string of the molecule is CC(C)(C)NC(=O)c1cccc(NC(=O)COc2ccc(Cl)cc2)c1.